The molecule has 0 aliphatic rings. The molecule has 6 nitrogen and oxygen atoms in total. The normalized spacial score (nSPS) is 10.5. The summed E-state index contributed by atoms with van der Waals surface area (Å²) in [5, 5.41) is 5.39. The summed E-state index contributed by atoms with van der Waals surface area (Å²) in [6.07, 6.45) is 3.10. The molecule has 0 atom stereocenters. The smallest absolute Gasteiger partial charge is 0.251 e. The predicted molar refractivity (Wildman–Crippen MR) is 106 cm³/mol. The summed E-state index contributed by atoms with van der Waals surface area (Å²) in [4.78, 5) is 36.8. The number of nitrogens with one attached hydrogen (secondary N) is 2. The molecule has 0 aliphatic heterocycles. The van der Waals surface area contributed by atoms with Crippen LogP contribution in [-0.2, 0) is 16.1 Å². The summed E-state index contributed by atoms with van der Waals surface area (Å²) in [5.41, 5.74) is 2.88. The van der Waals surface area contributed by atoms with Crippen LogP contribution in [0.15, 0.2) is 54.6 Å². The van der Waals surface area contributed by atoms with Crippen molar-refractivity contribution in [3.05, 3.63) is 71.3 Å². The van der Waals surface area contributed by atoms with E-state index in [1.807, 2.05) is 18.2 Å². The van der Waals surface area contributed by atoms with Crippen LogP contribution in [0.2, 0.25) is 0 Å². The van der Waals surface area contributed by atoms with Gasteiger partial charge in [-0.1, -0.05) is 30.3 Å². The Morgan fingerprint density at radius 1 is 1.04 bits per heavy atom. The molecule has 0 saturated heterocycles. The van der Waals surface area contributed by atoms with Gasteiger partial charge in [0, 0.05) is 44.9 Å². The maximum atomic E-state index is 12.2. The molecule has 0 spiro atoms. The van der Waals surface area contributed by atoms with Crippen molar-refractivity contribution < 1.29 is 14.4 Å². The van der Waals surface area contributed by atoms with Crippen LogP contribution in [0.1, 0.15) is 28.4 Å². The lowest BCUT2D eigenvalue weighted by molar-refractivity contribution is -0.128. The third-order valence-electron chi connectivity index (χ3n) is 4.05. The van der Waals surface area contributed by atoms with Crippen molar-refractivity contribution in [1.82, 2.24) is 10.2 Å². The molecule has 0 bridgehead atoms. The molecule has 140 valence electrons. The van der Waals surface area contributed by atoms with Gasteiger partial charge in [0.05, 0.1) is 0 Å². The zero-order valence-electron chi connectivity index (χ0n) is 15.7. The molecular formula is C21H23N3O3. The lowest BCUT2D eigenvalue weighted by atomic mass is 10.1. The number of para-hydroxylation sites is 1. The predicted octanol–water partition coefficient (Wildman–Crippen LogP) is 2.68. The van der Waals surface area contributed by atoms with Crippen LogP contribution in [0, 0.1) is 0 Å². The fourth-order valence-corrected chi connectivity index (χ4v) is 2.38. The van der Waals surface area contributed by atoms with Gasteiger partial charge in [0.2, 0.25) is 11.8 Å². The zero-order valence-corrected chi connectivity index (χ0v) is 15.7. The Morgan fingerprint density at radius 2 is 1.70 bits per heavy atom. The van der Waals surface area contributed by atoms with Gasteiger partial charge in [-0.2, -0.15) is 0 Å². The van der Waals surface area contributed by atoms with Gasteiger partial charge in [-0.25, -0.2) is 0 Å². The van der Waals surface area contributed by atoms with Crippen molar-refractivity contribution >= 4 is 29.5 Å². The summed E-state index contributed by atoms with van der Waals surface area (Å²) in [6, 6.07) is 14.3. The standard InChI is InChI=1S/C21H23N3O3/c1-15(25)24(3)14-18-6-4-5-7-19(18)23-20(26)13-10-16-8-11-17(12-9-16)21(27)22-2/h4-13H,14H2,1-3H3,(H,22,27)(H,23,26)/b13-10+. The van der Waals surface area contributed by atoms with Crippen molar-refractivity contribution in [2.24, 2.45) is 0 Å². The van der Waals surface area contributed by atoms with Crippen LogP contribution in [0.5, 0.6) is 0 Å². The van der Waals surface area contributed by atoms with Gasteiger partial charge >= 0.3 is 0 Å². The van der Waals surface area contributed by atoms with Gasteiger partial charge in [0.1, 0.15) is 0 Å². The van der Waals surface area contributed by atoms with Crippen LogP contribution < -0.4 is 10.6 Å². The van der Waals surface area contributed by atoms with Gasteiger partial charge in [-0.3, -0.25) is 14.4 Å². The summed E-state index contributed by atoms with van der Waals surface area (Å²) >= 11 is 0. The average Bonchev–Trinajstić information content (AvgIpc) is 2.67. The summed E-state index contributed by atoms with van der Waals surface area (Å²) in [5.74, 6) is -0.477. The van der Waals surface area contributed by atoms with Gasteiger partial charge in [-0.15, -0.1) is 0 Å². The maximum Gasteiger partial charge on any atom is 0.251 e. The fraction of sp³-hybridized carbons (Fsp3) is 0.190. The molecule has 6 heteroatoms. The van der Waals surface area contributed by atoms with Crippen molar-refractivity contribution in [2.45, 2.75) is 13.5 Å². The van der Waals surface area contributed by atoms with Crippen LogP contribution in [0.4, 0.5) is 5.69 Å². The van der Waals surface area contributed by atoms with Crippen LogP contribution in [-0.4, -0.2) is 36.7 Å². The van der Waals surface area contributed by atoms with Gasteiger partial charge in [0.15, 0.2) is 0 Å². The van der Waals surface area contributed by atoms with Crippen LogP contribution in [0.3, 0.4) is 0 Å². The van der Waals surface area contributed by atoms with E-state index in [1.165, 1.54) is 13.0 Å². The monoisotopic (exact) mass is 365 g/mol. The SMILES string of the molecule is CNC(=O)c1ccc(/C=C/C(=O)Nc2ccccc2CN(C)C(C)=O)cc1. The maximum absolute atomic E-state index is 12.2. The molecule has 0 aliphatic carbocycles. The summed E-state index contributed by atoms with van der Waals surface area (Å²) in [7, 11) is 3.29. The Labute approximate surface area is 158 Å². The van der Waals surface area contributed by atoms with E-state index in [0.717, 1.165) is 11.1 Å². The number of nitrogens with zero attached hydrogens (tertiary/aromatic N) is 1. The molecule has 0 radical (unpaired) electrons. The Bertz CT molecular complexity index is 857. The van der Waals surface area contributed by atoms with E-state index in [9.17, 15) is 14.4 Å². The third-order valence-corrected chi connectivity index (χ3v) is 4.05. The average molecular weight is 365 g/mol. The number of hydrogen-bond donors (Lipinski definition) is 2. The largest absolute Gasteiger partial charge is 0.355 e. The topological polar surface area (TPSA) is 78.5 Å². The van der Waals surface area contributed by atoms with E-state index >= 15 is 0 Å². The first-order valence-electron chi connectivity index (χ1n) is 8.51. The minimum Gasteiger partial charge on any atom is -0.355 e. The van der Waals surface area contributed by atoms with Crippen molar-refractivity contribution in [3.63, 3.8) is 0 Å². The van der Waals surface area contributed by atoms with E-state index in [2.05, 4.69) is 10.6 Å². The Balaban J connectivity index is 2.04. The van der Waals surface area contributed by atoms with Gasteiger partial charge in [-0.05, 0) is 35.4 Å². The van der Waals surface area contributed by atoms with E-state index in [-0.39, 0.29) is 17.7 Å². The number of amides is 3. The van der Waals surface area contributed by atoms with Crippen LogP contribution >= 0.6 is 0 Å². The van der Waals surface area contributed by atoms with E-state index in [1.54, 1.807) is 55.4 Å². The highest BCUT2D eigenvalue weighted by molar-refractivity contribution is 6.02. The number of carbonyl (C=O) groups is 3. The Morgan fingerprint density at radius 3 is 2.33 bits per heavy atom. The Hall–Kier alpha value is -3.41. The van der Waals surface area contributed by atoms with Crippen LogP contribution in [0.25, 0.3) is 6.08 Å². The second kappa shape index (κ2) is 9.33. The number of benzene rings is 2. The molecular weight excluding hydrogens is 342 g/mol. The number of rotatable bonds is 6. The number of hydrogen-bond acceptors (Lipinski definition) is 3. The zero-order chi connectivity index (χ0) is 19.8. The summed E-state index contributed by atoms with van der Waals surface area (Å²) < 4.78 is 0. The fourth-order valence-electron chi connectivity index (χ4n) is 2.38. The molecule has 2 aromatic carbocycles. The van der Waals surface area contributed by atoms with Crippen molar-refractivity contribution in [3.8, 4) is 0 Å². The van der Waals surface area contributed by atoms with Gasteiger partial charge in [0.25, 0.3) is 5.91 Å². The molecule has 0 saturated carbocycles. The Kier molecular flexibility index (Phi) is 6.88. The molecule has 2 rings (SSSR count). The second-order valence-corrected chi connectivity index (χ2v) is 6.06. The second-order valence-electron chi connectivity index (χ2n) is 6.06. The molecule has 2 aromatic rings. The quantitative estimate of drug-likeness (QED) is 0.773. The molecule has 0 fully saturated rings. The molecule has 27 heavy (non-hydrogen) atoms. The van der Waals surface area contributed by atoms with Gasteiger partial charge < -0.3 is 15.5 Å². The first-order valence-corrected chi connectivity index (χ1v) is 8.51. The first-order chi connectivity index (χ1) is 12.9. The highest BCUT2D eigenvalue weighted by atomic mass is 16.2. The lowest BCUT2D eigenvalue weighted by Gasteiger charge is -2.17. The highest BCUT2D eigenvalue weighted by Gasteiger charge is 2.09. The molecule has 0 unspecified atom stereocenters. The molecule has 3 amide bonds. The molecule has 2 N–H and O–H groups in total. The van der Waals surface area contributed by atoms with Crippen molar-refractivity contribution in [2.75, 3.05) is 19.4 Å². The first kappa shape index (κ1) is 19.9. The minimum atomic E-state index is -0.275. The lowest BCUT2D eigenvalue weighted by Crippen LogP contribution is -2.24. The molecule has 0 aromatic heterocycles. The third kappa shape index (κ3) is 5.81. The highest BCUT2D eigenvalue weighted by Crippen LogP contribution is 2.17. The number of carbonyl (C=O) groups excluding carboxylic acids is 3. The van der Waals surface area contributed by atoms with E-state index in [0.29, 0.717) is 17.8 Å². The van der Waals surface area contributed by atoms with E-state index < -0.39 is 0 Å². The minimum absolute atomic E-state index is 0.0452. The van der Waals surface area contributed by atoms with Crippen molar-refractivity contribution in [1.29, 1.82) is 0 Å². The molecule has 0 heterocycles. The summed E-state index contributed by atoms with van der Waals surface area (Å²) in [6.45, 7) is 1.91. The van der Waals surface area contributed by atoms with E-state index in [4.69, 9.17) is 0 Å². The number of anilines is 1.